The molecule has 0 saturated carbocycles. The average molecular weight is 624 g/mol. The van der Waals surface area contributed by atoms with Crippen molar-refractivity contribution in [2.24, 2.45) is 0 Å². The summed E-state index contributed by atoms with van der Waals surface area (Å²) in [6.07, 6.45) is 0. The van der Waals surface area contributed by atoms with E-state index in [1.807, 2.05) is 17.4 Å². The van der Waals surface area contributed by atoms with Gasteiger partial charge in [-0.25, -0.2) is 4.98 Å². The number of fused-ring (bicyclic) bond motifs is 15. The van der Waals surface area contributed by atoms with Gasteiger partial charge in [0.2, 0.25) is 5.71 Å². The highest BCUT2D eigenvalue weighted by Gasteiger charge is 2.26. The van der Waals surface area contributed by atoms with E-state index < -0.39 is 0 Å². The minimum atomic E-state index is 0.556. The second-order valence-corrected chi connectivity index (χ2v) is 13.8. The molecule has 214 valence electrons. The lowest BCUT2D eigenvalue weighted by atomic mass is 9.99. The molecule has 0 unspecified atom stereocenters. The average Bonchev–Trinajstić information content (AvgIpc) is 3.85. The van der Waals surface area contributed by atoms with Crippen molar-refractivity contribution in [1.29, 1.82) is 0 Å². The van der Waals surface area contributed by atoms with Crippen LogP contribution in [-0.2, 0) is 0 Å². The molecule has 0 aliphatic rings. The number of benzene rings is 6. The second kappa shape index (κ2) is 9.01. The Labute approximate surface area is 269 Å². The summed E-state index contributed by atoms with van der Waals surface area (Å²) in [6, 6.07) is 45.1. The van der Waals surface area contributed by atoms with Crippen LogP contribution in [0.2, 0.25) is 0 Å². The van der Waals surface area contributed by atoms with Gasteiger partial charge in [0.25, 0.3) is 0 Å². The largest absolute Gasteiger partial charge is 0.425 e. The summed E-state index contributed by atoms with van der Waals surface area (Å²) in [6.45, 7) is 0. The van der Waals surface area contributed by atoms with Gasteiger partial charge in [-0.05, 0) is 29.0 Å². The van der Waals surface area contributed by atoms with Crippen molar-refractivity contribution in [2.45, 2.75) is 0 Å². The number of hydrogen-bond acceptors (Lipinski definition) is 5. The molecule has 0 fully saturated rings. The Hall–Kier alpha value is -5.56. The third-order valence-corrected chi connectivity index (χ3v) is 11.5. The van der Waals surface area contributed by atoms with Crippen LogP contribution in [0.1, 0.15) is 0 Å². The molecule has 0 saturated heterocycles. The summed E-state index contributed by atoms with van der Waals surface area (Å²) >= 11 is 3.50. The Kier molecular flexibility index (Phi) is 4.84. The highest BCUT2D eigenvalue weighted by atomic mass is 32.1. The molecule has 11 rings (SSSR count). The van der Waals surface area contributed by atoms with Gasteiger partial charge in [-0.2, -0.15) is 4.98 Å². The molecule has 0 aliphatic heterocycles. The SMILES string of the molecule is c1ccc(-c2nc3c(nc2-n2c4ccccc4c4c5ccccc5c5c6ccccc6sc5c42)oc2sc4ccccc4c23)cc1. The van der Waals surface area contributed by atoms with E-state index in [4.69, 9.17) is 14.4 Å². The van der Waals surface area contributed by atoms with E-state index in [0.717, 1.165) is 49.3 Å². The Bertz CT molecular complexity index is 3040. The van der Waals surface area contributed by atoms with Crippen LogP contribution in [0.25, 0.3) is 101 Å². The molecule has 0 bridgehead atoms. The van der Waals surface area contributed by atoms with E-state index in [0.29, 0.717) is 5.71 Å². The van der Waals surface area contributed by atoms with Crippen molar-refractivity contribution in [3.8, 4) is 17.1 Å². The fraction of sp³-hybridized carbons (Fsp3) is 0. The van der Waals surface area contributed by atoms with Crippen molar-refractivity contribution in [1.82, 2.24) is 14.5 Å². The molecule has 0 aliphatic carbocycles. The highest BCUT2D eigenvalue weighted by molar-refractivity contribution is 7.27. The van der Waals surface area contributed by atoms with Gasteiger partial charge in [-0.1, -0.05) is 121 Å². The predicted octanol–water partition coefficient (Wildman–Crippen LogP) is 11.9. The lowest BCUT2D eigenvalue weighted by Crippen LogP contribution is -2.03. The maximum Gasteiger partial charge on any atom is 0.249 e. The van der Waals surface area contributed by atoms with Crippen LogP contribution in [0, 0.1) is 0 Å². The van der Waals surface area contributed by atoms with E-state index in [-0.39, 0.29) is 0 Å². The molecule has 5 heterocycles. The zero-order chi connectivity index (χ0) is 29.9. The van der Waals surface area contributed by atoms with Gasteiger partial charge in [-0.15, -0.1) is 11.3 Å². The van der Waals surface area contributed by atoms with Crippen molar-refractivity contribution < 1.29 is 4.42 Å². The third-order valence-electron chi connectivity index (χ3n) is 9.24. The maximum absolute atomic E-state index is 6.53. The highest BCUT2D eigenvalue weighted by Crippen LogP contribution is 2.49. The standard InChI is InChI=1S/C40H21N3OS2/c1-2-12-22(13-3-1)34-38(42-39-35(41-34)33-27-18-8-11-21-30(27)46-40(33)44-39)43-28-19-9-6-16-25(28)31-23-14-4-5-15-24(23)32-26-17-7-10-20-29(26)45-37(32)36(31)43/h1-21H. The molecule has 5 aromatic heterocycles. The van der Waals surface area contributed by atoms with Gasteiger partial charge in [-0.3, -0.25) is 4.57 Å². The zero-order valence-electron chi connectivity index (χ0n) is 24.2. The molecule has 11 aromatic rings. The maximum atomic E-state index is 6.53. The molecule has 0 spiro atoms. The van der Waals surface area contributed by atoms with Crippen molar-refractivity contribution in [3.05, 3.63) is 127 Å². The summed E-state index contributed by atoms with van der Waals surface area (Å²) in [7, 11) is 0. The Morgan fingerprint density at radius 1 is 0.522 bits per heavy atom. The van der Waals surface area contributed by atoms with Crippen LogP contribution < -0.4 is 0 Å². The summed E-state index contributed by atoms with van der Waals surface area (Å²) in [5, 5.41) is 9.69. The lowest BCUT2D eigenvalue weighted by molar-refractivity contribution is 0.660. The monoisotopic (exact) mass is 623 g/mol. The van der Waals surface area contributed by atoms with E-state index in [9.17, 15) is 0 Å². The van der Waals surface area contributed by atoms with Gasteiger partial charge in [0, 0.05) is 41.9 Å². The summed E-state index contributed by atoms with van der Waals surface area (Å²) in [5.74, 6) is 0.768. The molecule has 46 heavy (non-hydrogen) atoms. The summed E-state index contributed by atoms with van der Waals surface area (Å²) < 4.78 is 12.6. The van der Waals surface area contributed by atoms with Crippen LogP contribution in [0.15, 0.2) is 132 Å². The molecular weight excluding hydrogens is 603 g/mol. The van der Waals surface area contributed by atoms with E-state index in [2.05, 4.69) is 126 Å². The van der Waals surface area contributed by atoms with Gasteiger partial charge in [0.1, 0.15) is 11.2 Å². The first-order valence-corrected chi connectivity index (χ1v) is 16.9. The van der Waals surface area contributed by atoms with E-state index in [1.54, 1.807) is 11.3 Å². The minimum Gasteiger partial charge on any atom is -0.425 e. The lowest BCUT2D eigenvalue weighted by Gasteiger charge is -2.13. The molecule has 6 aromatic carbocycles. The molecule has 0 atom stereocenters. The number of aromatic nitrogens is 3. The molecule has 4 nitrogen and oxygen atoms in total. The topological polar surface area (TPSA) is 43.9 Å². The Morgan fingerprint density at radius 3 is 1.91 bits per heavy atom. The molecular formula is C40H21N3OS2. The molecule has 0 radical (unpaired) electrons. The smallest absolute Gasteiger partial charge is 0.249 e. The number of rotatable bonds is 2. The normalized spacial score (nSPS) is 12.3. The first-order chi connectivity index (χ1) is 22.8. The summed E-state index contributed by atoms with van der Waals surface area (Å²) in [4.78, 5) is 11.7. The van der Waals surface area contributed by atoms with Crippen LogP contribution in [0.5, 0.6) is 0 Å². The van der Waals surface area contributed by atoms with E-state index >= 15 is 0 Å². The quantitative estimate of drug-likeness (QED) is 0.192. The Balaban J connectivity index is 1.39. The first kappa shape index (κ1) is 24.7. The van der Waals surface area contributed by atoms with Crippen LogP contribution >= 0.6 is 22.7 Å². The van der Waals surface area contributed by atoms with Crippen molar-refractivity contribution >= 4 is 107 Å². The number of furan rings is 1. The van der Waals surface area contributed by atoms with Gasteiger partial charge in [0.15, 0.2) is 10.7 Å². The number of hydrogen-bond donors (Lipinski definition) is 0. The van der Waals surface area contributed by atoms with Gasteiger partial charge >= 0.3 is 0 Å². The number of thiophene rings is 2. The van der Waals surface area contributed by atoms with Crippen molar-refractivity contribution in [3.63, 3.8) is 0 Å². The fourth-order valence-corrected chi connectivity index (χ4v) is 9.66. The third kappa shape index (κ3) is 3.17. The first-order valence-electron chi connectivity index (χ1n) is 15.3. The van der Waals surface area contributed by atoms with E-state index in [1.165, 1.54) is 46.4 Å². The number of nitrogens with zero attached hydrogens (tertiary/aromatic N) is 3. The predicted molar refractivity (Wildman–Crippen MR) is 195 cm³/mol. The fourth-order valence-electron chi connectivity index (χ4n) is 7.34. The second-order valence-electron chi connectivity index (χ2n) is 11.7. The number of para-hydroxylation sites is 1. The minimum absolute atomic E-state index is 0.556. The van der Waals surface area contributed by atoms with Crippen LogP contribution in [-0.4, -0.2) is 14.5 Å². The van der Waals surface area contributed by atoms with Crippen LogP contribution in [0.3, 0.4) is 0 Å². The van der Waals surface area contributed by atoms with Crippen LogP contribution in [0.4, 0.5) is 0 Å². The van der Waals surface area contributed by atoms with Gasteiger partial charge < -0.3 is 4.42 Å². The summed E-state index contributed by atoms with van der Waals surface area (Å²) in [5.41, 5.74) is 5.45. The zero-order valence-corrected chi connectivity index (χ0v) is 25.8. The Morgan fingerprint density at radius 2 is 1.13 bits per heavy atom. The molecule has 0 amide bonds. The molecule has 6 heteroatoms. The van der Waals surface area contributed by atoms with Crippen molar-refractivity contribution in [2.75, 3.05) is 0 Å². The molecule has 0 N–H and O–H groups in total. The van der Waals surface area contributed by atoms with Gasteiger partial charge in [0.05, 0.1) is 21.1 Å².